The molecule has 3 rings (SSSR count). The summed E-state index contributed by atoms with van der Waals surface area (Å²) in [5.41, 5.74) is 0.348. The molecule has 9 nitrogen and oxygen atoms in total. The van der Waals surface area contributed by atoms with Gasteiger partial charge < -0.3 is 10.1 Å². The third-order valence-electron chi connectivity index (χ3n) is 5.36. The Kier molecular flexibility index (Phi) is 7.72. The number of rotatable bonds is 10. The maximum absolute atomic E-state index is 12.9. The van der Waals surface area contributed by atoms with E-state index in [1.54, 1.807) is 13.8 Å². The summed E-state index contributed by atoms with van der Waals surface area (Å²) >= 11 is 0. The molecule has 3 aromatic rings. The van der Waals surface area contributed by atoms with Crippen molar-refractivity contribution in [1.82, 2.24) is 5.32 Å². The van der Waals surface area contributed by atoms with Gasteiger partial charge in [-0.15, -0.1) is 0 Å². The van der Waals surface area contributed by atoms with E-state index in [1.807, 2.05) is 42.5 Å². The maximum atomic E-state index is 12.9. The second-order valence-electron chi connectivity index (χ2n) is 7.86. The van der Waals surface area contributed by atoms with E-state index in [0.29, 0.717) is 11.3 Å². The summed E-state index contributed by atoms with van der Waals surface area (Å²) in [6.07, 6.45) is 1.15. The van der Waals surface area contributed by atoms with Gasteiger partial charge in [0.2, 0.25) is 15.9 Å². The SMILES string of the molecule is CCC(C(=O)NCCOc1ccc2ccccc2c1)N(c1cc([N+](=O)[O-])ccc1C)S(C)(=O)=O. The van der Waals surface area contributed by atoms with Gasteiger partial charge in [0.15, 0.2) is 0 Å². The highest BCUT2D eigenvalue weighted by Gasteiger charge is 2.33. The van der Waals surface area contributed by atoms with Crippen LogP contribution in [0.4, 0.5) is 11.4 Å². The van der Waals surface area contributed by atoms with E-state index in [2.05, 4.69) is 5.32 Å². The lowest BCUT2D eigenvalue weighted by molar-refractivity contribution is -0.384. The van der Waals surface area contributed by atoms with Crippen molar-refractivity contribution in [3.63, 3.8) is 0 Å². The van der Waals surface area contributed by atoms with E-state index in [-0.39, 0.29) is 30.9 Å². The Balaban J connectivity index is 1.71. The molecule has 34 heavy (non-hydrogen) atoms. The average molecular weight is 486 g/mol. The van der Waals surface area contributed by atoms with Crippen LogP contribution in [0, 0.1) is 17.0 Å². The lowest BCUT2D eigenvalue weighted by Gasteiger charge is -2.31. The molecule has 1 atom stereocenters. The minimum Gasteiger partial charge on any atom is -0.492 e. The Morgan fingerprint density at radius 3 is 2.47 bits per heavy atom. The zero-order valence-corrected chi connectivity index (χ0v) is 20.0. The summed E-state index contributed by atoms with van der Waals surface area (Å²) in [6.45, 7) is 3.67. The normalized spacial score (nSPS) is 12.2. The number of carbonyl (C=O) groups is 1. The molecule has 1 N–H and O–H groups in total. The van der Waals surface area contributed by atoms with Gasteiger partial charge in [0.25, 0.3) is 5.69 Å². The van der Waals surface area contributed by atoms with Gasteiger partial charge in [-0.3, -0.25) is 19.2 Å². The van der Waals surface area contributed by atoms with E-state index in [9.17, 15) is 23.3 Å². The summed E-state index contributed by atoms with van der Waals surface area (Å²) in [7, 11) is -3.91. The molecule has 1 amide bonds. The molecular weight excluding hydrogens is 458 g/mol. The van der Waals surface area contributed by atoms with Crippen LogP contribution in [0.1, 0.15) is 18.9 Å². The molecule has 0 spiro atoms. The molecule has 0 bridgehead atoms. The maximum Gasteiger partial charge on any atom is 0.271 e. The van der Waals surface area contributed by atoms with Gasteiger partial charge in [-0.2, -0.15) is 0 Å². The third kappa shape index (κ3) is 5.82. The quantitative estimate of drug-likeness (QED) is 0.265. The zero-order chi connectivity index (χ0) is 24.9. The van der Waals surface area contributed by atoms with Crippen LogP contribution >= 0.6 is 0 Å². The Bertz CT molecular complexity index is 1310. The fourth-order valence-corrected chi connectivity index (χ4v) is 4.96. The smallest absolute Gasteiger partial charge is 0.271 e. The molecular formula is C24H27N3O6S. The Labute approximate surface area is 198 Å². The van der Waals surface area contributed by atoms with Gasteiger partial charge in [-0.1, -0.05) is 43.3 Å². The van der Waals surface area contributed by atoms with Crippen LogP contribution < -0.4 is 14.4 Å². The van der Waals surface area contributed by atoms with E-state index >= 15 is 0 Å². The number of ether oxygens (including phenoxy) is 1. The van der Waals surface area contributed by atoms with Crippen LogP contribution in [0.3, 0.4) is 0 Å². The number of amides is 1. The number of nitrogens with zero attached hydrogens (tertiary/aromatic N) is 2. The fraction of sp³-hybridized carbons (Fsp3) is 0.292. The first-order valence-corrected chi connectivity index (χ1v) is 12.6. The largest absolute Gasteiger partial charge is 0.492 e. The van der Waals surface area contributed by atoms with Gasteiger partial charge in [-0.05, 0) is 41.8 Å². The highest BCUT2D eigenvalue weighted by molar-refractivity contribution is 7.92. The Morgan fingerprint density at radius 2 is 1.82 bits per heavy atom. The molecule has 0 radical (unpaired) electrons. The first kappa shape index (κ1) is 25.0. The zero-order valence-electron chi connectivity index (χ0n) is 19.2. The van der Waals surface area contributed by atoms with Crippen molar-refractivity contribution in [2.24, 2.45) is 0 Å². The van der Waals surface area contributed by atoms with Crippen LogP contribution in [0.25, 0.3) is 10.8 Å². The molecule has 10 heteroatoms. The second kappa shape index (κ2) is 10.5. The summed E-state index contributed by atoms with van der Waals surface area (Å²) in [6, 6.07) is 16.4. The Morgan fingerprint density at radius 1 is 1.12 bits per heavy atom. The van der Waals surface area contributed by atoms with Crippen LogP contribution in [-0.4, -0.2) is 44.7 Å². The van der Waals surface area contributed by atoms with E-state index < -0.39 is 26.9 Å². The summed E-state index contributed by atoms with van der Waals surface area (Å²) in [4.78, 5) is 23.6. The van der Waals surface area contributed by atoms with Crippen molar-refractivity contribution in [2.75, 3.05) is 23.7 Å². The number of nitrogens with one attached hydrogen (secondary N) is 1. The van der Waals surface area contributed by atoms with Crippen LogP contribution in [0.2, 0.25) is 0 Å². The van der Waals surface area contributed by atoms with Gasteiger partial charge in [0.05, 0.1) is 23.4 Å². The Hall–Kier alpha value is -3.66. The fourth-order valence-electron chi connectivity index (χ4n) is 3.70. The molecule has 0 aromatic heterocycles. The lowest BCUT2D eigenvalue weighted by Crippen LogP contribution is -2.50. The number of sulfonamides is 1. The molecule has 0 fully saturated rings. The number of non-ortho nitro benzene ring substituents is 1. The van der Waals surface area contributed by atoms with Crippen molar-refractivity contribution >= 4 is 38.1 Å². The minimum atomic E-state index is -3.91. The number of nitro groups is 1. The van der Waals surface area contributed by atoms with Crippen molar-refractivity contribution in [3.05, 3.63) is 76.3 Å². The van der Waals surface area contributed by atoms with E-state index in [0.717, 1.165) is 21.3 Å². The molecule has 0 aliphatic carbocycles. The number of hydrogen-bond donors (Lipinski definition) is 1. The number of benzene rings is 3. The van der Waals surface area contributed by atoms with Crippen LogP contribution in [-0.2, 0) is 14.8 Å². The molecule has 1 unspecified atom stereocenters. The predicted molar refractivity (Wildman–Crippen MR) is 132 cm³/mol. The molecule has 0 saturated carbocycles. The predicted octanol–water partition coefficient (Wildman–Crippen LogP) is 3.80. The number of fused-ring (bicyclic) bond motifs is 1. The molecule has 0 heterocycles. The second-order valence-corrected chi connectivity index (χ2v) is 9.72. The molecule has 180 valence electrons. The molecule has 0 aliphatic heterocycles. The number of anilines is 1. The van der Waals surface area contributed by atoms with Gasteiger partial charge >= 0.3 is 0 Å². The van der Waals surface area contributed by atoms with Crippen molar-refractivity contribution in [2.45, 2.75) is 26.3 Å². The van der Waals surface area contributed by atoms with Crippen molar-refractivity contribution < 1.29 is 22.9 Å². The number of hydrogen-bond acceptors (Lipinski definition) is 6. The summed E-state index contributed by atoms with van der Waals surface area (Å²) in [5.74, 6) is 0.144. The topological polar surface area (TPSA) is 119 Å². The minimum absolute atomic E-state index is 0.103. The molecule has 0 aliphatic rings. The highest BCUT2D eigenvalue weighted by atomic mass is 32.2. The molecule has 0 saturated heterocycles. The lowest BCUT2D eigenvalue weighted by atomic mass is 10.1. The monoisotopic (exact) mass is 485 g/mol. The van der Waals surface area contributed by atoms with Gasteiger partial charge in [0, 0.05) is 12.1 Å². The van der Waals surface area contributed by atoms with Gasteiger partial charge in [0.1, 0.15) is 18.4 Å². The number of carbonyl (C=O) groups excluding carboxylic acids is 1. The van der Waals surface area contributed by atoms with Crippen LogP contribution in [0.5, 0.6) is 5.75 Å². The van der Waals surface area contributed by atoms with E-state index in [4.69, 9.17) is 4.74 Å². The van der Waals surface area contributed by atoms with Crippen molar-refractivity contribution in [3.8, 4) is 5.75 Å². The third-order valence-corrected chi connectivity index (χ3v) is 6.53. The first-order valence-electron chi connectivity index (χ1n) is 10.8. The summed E-state index contributed by atoms with van der Waals surface area (Å²) in [5, 5.41) is 16.1. The summed E-state index contributed by atoms with van der Waals surface area (Å²) < 4.78 is 32.0. The van der Waals surface area contributed by atoms with Crippen molar-refractivity contribution in [1.29, 1.82) is 0 Å². The van der Waals surface area contributed by atoms with E-state index in [1.165, 1.54) is 18.2 Å². The first-order chi connectivity index (χ1) is 16.1. The molecule has 3 aromatic carbocycles. The average Bonchev–Trinajstić information content (AvgIpc) is 2.79. The van der Waals surface area contributed by atoms with Crippen LogP contribution in [0.15, 0.2) is 60.7 Å². The standard InChI is InChI=1S/C24H27N3O6S/c1-4-22(26(34(3,31)32)23-16-20(27(29)30)11-9-17(23)2)24(28)25-13-14-33-21-12-10-18-7-5-6-8-19(18)15-21/h5-12,15-16,22H,4,13-14H2,1-3H3,(H,25,28). The highest BCUT2D eigenvalue weighted by Crippen LogP contribution is 2.30. The van der Waals surface area contributed by atoms with Gasteiger partial charge in [-0.25, -0.2) is 8.42 Å². The number of nitro benzene ring substituents is 1. The number of aryl methyl sites for hydroxylation is 1.